The average Bonchev–Trinajstić information content (AvgIpc) is 2.79. The van der Waals surface area contributed by atoms with Gasteiger partial charge in [-0.3, -0.25) is 14.4 Å². The van der Waals surface area contributed by atoms with Crippen molar-refractivity contribution in [2.75, 3.05) is 13.1 Å². The second kappa shape index (κ2) is 14.5. The second-order valence-electron chi connectivity index (χ2n) is 9.27. The number of hydrogen-bond donors (Lipinski definition) is 3. The zero-order chi connectivity index (χ0) is 27.3. The molecule has 0 aromatic heterocycles. The van der Waals surface area contributed by atoms with Crippen molar-refractivity contribution in [3.8, 4) is 6.07 Å². The Hall–Kier alpha value is -3.87. The fourth-order valence-electron chi connectivity index (χ4n) is 3.44. The molecule has 36 heavy (non-hydrogen) atoms. The maximum Gasteiger partial charge on any atom is 0.408 e. The van der Waals surface area contributed by atoms with Crippen molar-refractivity contribution >= 4 is 29.9 Å². The monoisotopic (exact) mass is 499 g/mol. The van der Waals surface area contributed by atoms with Gasteiger partial charge in [0, 0.05) is 6.54 Å². The van der Waals surface area contributed by atoms with E-state index in [1.165, 1.54) is 0 Å². The zero-order valence-electron chi connectivity index (χ0n) is 21.5. The van der Waals surface area contributed by atoms with E-state index < -0.39 is 54.5 Å². The standard InChI is InChI=1S/C26H37N5O5/c1-6-8-9-14-29-23(33)22(19-12-10-11-18(7-2)16-19)31(15-13-27)24(34)20(17-21(28)32)30-25(35)36-26(3,4)5/h7,10-12,16,20,22H,2,6,8-9,14-15,17H2,1,3-5H3,(H2,28,32)(H,29,33)(H,30,35). The molecule has 1 aromatic carbocycles. The molecule has 0 fully saturated rings. The van der Waals surface area contributed by atoms with Crippen molar-refractivity contribution in [3.05, 3.63) is 42.0 Å². The van der Waals surface area contributed by atoms with Crippen LogP contribution in [-0.2, 0) is 19.1 Å². The van der Waals surface area contributed by atoms with E-state index in [2.05, 4.69) is 17.2 Å². The van der Waals surface area contributed by atoms with Crippen LogP contribution in [0.5, 0.6) is 0 Å². The van der Waals surface area contributed by atoms with Gasteiger partial charge in [0.2, 0.25) is 17.7 Å². The predicted molar refractivity (Wildman–Crippen MR) is 136 cm³/mol. The molecule has 4 amide bonds. The van der Waals surface area contributed by atoms with Crippen molar-refractivity contribution in [3.63, 3.8) is 0 Å². The number of carbonyl (C=O) groups is 4. The lowest BCUT2D eigenvalue weighted by atomic mass is 10.00. The van der Waals surface area contributed by atoms with Crippen LogP contribution in [0, 0.1) is 11.3 Å². The molecular weight excluding hydrogens is 462 g/mol. The summed E-state index contributed by atoms with van der Waals surface area (Å²) in [5.74, 6) is -2.17. The molecule has 0 spiro atoms. The van der Waals surface area contributed by atoms with Crippen LogP contribution in [0.4, 0.5) is 4.79 Å². The molecule has 1 rings (SSSR count). The van der Waals surface area contributed by atoms with E-state index >= 15 is 0 Å². The summed E-state index contributed by atoms with van der Waals surface area (Å²) in [4.78, 5) is 52.1. The molecule has 0 aliphatic rings. The Morgan fingerprint density at radius 1 is 1.25 bits per heavy atom. The van der Waals surface area contributed by atoms with Crippen molar-refractivity contribution in [1.29, 1.82) is 5.26 Å². The molecule has 0 saturated heterocycles. The lowest BCUT2D eigenvalue weighted by molar-refractivity contribution is -0.142. The fraction of sp³-hybridized carbons (Fsp3) is 0.500. The highest BCUT2D eigenvalue weighted by Gasteiger charge is 2.37. The van der Waals surface area contributed by atoms with Gasteiger partial charge in [-0.05, 0) is 44.4 Å². The molecule has 0 heterocycles. The van der Waals surface area contributed by atoms with Crippen LogP contribution in [0.3, 0.4) is 0 Å². The van der Waals surface area contributed by atoms with Gasteiger partial charge in [-0.1, -0.05) is 50.6 Å². The molecule has 0 saturated carbocycles. The lowest BCUT2D eigenvalue weighted by Gasteiger charge is -2.32. The van der Waals surface area contributed by atoms with Gasteiger partial charge in [0.25, 0.3) is 0 Å². The van der Waals surface area contributed by atoms with Gasteiger partial charge in [0.1, 0.15) is 24.2 Å². The maximum absolute atomic E-state index is 13.6. The maximum atomic E-state index is 13.6. The first-order valence-electron chi connectivity index (χ1n) is 11.9. The van der Waals surface area contributed by atoms with Crippen LogP contribution in [0.25, 0.3) is 6.08 Å². The first-order valence-corrected chi connectivity index (χ1v) is 11.9. The van der Waals surface area contributed by atoms with Crippen LogP contribution in [-0.4, -0.2) is 53.4 Å². The SMILES string of the molecule is C=Cc1cccc(C(C(=O)NCCCCC)N(CC#N)C(=O)C(CC(N)=O)NC(=O)OC(C)(C)C)c1. The third-order valence-corrected chi connectivity index (χ3v) is 5.02. The van der Waals surface area contributed by atoms with Crippen LogP contribution < -0.4 is 16.4 Å². The molecule has 2 atom stereocenters. The normalized spacial score (nSPS) is 12.4. The molecule has 196 valence electrons. The summed E-state index contributed by atoms with van der Waals surface area (Å²) in [5, 5.41) is 14.7. The van der Waals surface area contributed by atoms with E-state index in [-0.39, 0.29) is 0 Å². The molecule has 4 N–H and O–H groups in total. The molecule has 0 aliphatic carbocycles. The Morgan fingerprint density at radius 2 is 1.94 bits per heavy atom. The number of amides is 4. The number of nitrogens with two attached hydrogens (primary N) is 1. The number of nitrogens with one attached hydrogen (secondary N) is 2. The molecule has 0 radical (unpaired) electrons. The molecular formula is C26H37N5O5. The molecule has 0 aliphatic heterocycles. The Morgan fingerprint density at radius 3 is 2.50 bits per heavy atom. The third kappa shape index (κ3) is 10.2. The fourth-order valence-corrected chi connectivity index (χ4v) is 3.44. The van der Waals surface area contributed by atoms with Gasteiger partial charge < -0.3 is 26.0 Å². The number of carbonyl (C=O) groups excluding carboxylic acids is 4. The first kappa shape index (κ1) is 30.2. The highest BCUT2D eigenvalue weighted by molar-refractivity contribution is 5.94. The number of hydrogen-bond acceptors (Lipinski definition) is 6. The topological polar surface area (TPSA) is 155 Å². The largest absolute Gasteiger partial charge is 0.444 e. The van der Waals surface area contributed by atoms with Crippen molar-refractivity contribution in [2.24, 2.45) is 5.73 Å². The molecule has 0 bridgehead atoms. The van der Waals surface area contributed by atoms with Crippen molar-refractivity contribution in [2.45, 2.75) is 71.1 Å². The van der Waals surface area contributed by atoms with Gasteiger partial charge in [0.15, 0.2) is 0 Å². The smallest absolute Gasteiger partial charge is 0.408 e. The van der Waals surface area contributed by atoms with E-state index in [4.69, 9.17) is 10.5 Å². The van der Waals surface area contributed by atoms with E-state index in [1.54, 1.807) is 51.1 Å². The van der Waals surface area contributed by atoms with Gasteiger partial charge in [-0.2, -0.15) is 5.26 Å². The summed E-state index contributed by atoms with van der Waals surface area (Å²) in [7, 11) is 0. The van der Waals surface area contributed by atoms with Crippen LogP contribution >= 0.6 is 0 Å². The Bertz CT molecular complexity index is 980. The van der Waals surface area contributed by atoms with Crippen molar-refractivity contribution < 1.29 is 23.9 Å². The number of rotatable bonds is 13. The molecule has 1 aromatic rings. The summed E-state index contributed by atoms with van der Waals surface area (Å²) in [5.41, 5.74) is 5.62. The number of alkyl carbamates (subject to hydrolysis) is 1. The van der Waals surface area contributed by atoms with E-state index in [1.807, 2.05) is 13.0 Å². The summed E-state index contributed by atoms with van der Waals surface area (Å²) in [6.07, 6.45) is 2.74. The van der Waals surface area contributed by atoms with Crippen LogP contribution in [0.15, 0.2) is 30.8 Å². The minimum Gasteiger partial charge on any atom is -0.444 e. The minimum atomic E-state index is -1.44. The number of nitrogens with zero attached hydrogens (tertiary/aromatic N) is 2. The van der Waals surface area contributed by atoms with E-state index in [9.17, 15) is 24.4 Å². The van der Waals surface area contributed by atoms with Gasteiger partial charge in [0.05, 0.1) is 12.5 Å². The molecule has 10 nitrogen and oxygen atoms in total. The van der Waals surface area contributed by atoms with Crippen LogP contribution in [0.2, 0.25) is 0 Å². The lowest BCUT2D eigenvalue weighted by Crippen LogP contribution is -2.54. The first-order chi connectivity index (χ1) is 16.9. The quantitative estimate of drug-likeness (QED) is 0.280. The highest BCUT2D eigenvalue weighted by atomic mass is 16.6. The van der Waals surface area contributed by atoms with Crippen LogP contribution in [0.1, 0.15) is 70.5 Å². The number of ether oxygens (including phenoxy) is 1. The Kier molecular flexibility index (Phi) is 12.2. The summed E-state index contributed by atoms with van der Waals surface area (Å²) in [6, 6.07) is 6.09. The summed E-state index contributed by atoms with van der Waals surface area (Å²) in [6.45, 7) is 10.6. The average molecular weight is 500 g/mol. The number of unbranched alkanes of at least 4 members (excludes halogenated alkanes) is 2. The number of primary amides is 1. The number of nitriles is 1. The van der Waals surface area contributed by atoms with Gasteiger partial charge >= 0.3 is 6.09 Å². The van der Waals surface area contributed by atoms with Crippen molar-refractivity contribution in [1.82, 2.24) is 15.5 Å². The molecule has 2 unspecified atom stereocenters. The third-order valence-electron chi connectivity index (χ3n) is 5.02. The van der Waals surface area contributed by atoms with E-state index in [0.29, 0.717) is 17.7 Å². The second-order valence-corrected chi connectivity index (χ2v) is 9.27. The summed E-state index contributed by atoms with van der Waals surface area (Å²) >= 11 is 0. The Labute approximate surface area is 212 Å². The molecule has 10 heteroatoms. The predicted octanol–water partition coefficient (Wildman–Crippen LogP) is 2.80. The van der Waals surface area contributed by atoms with Gasteiger partial charge in [-0.15, -0.1) is 0 Å². The van der Waals surface area contributed by atoms with Gasteiger partial charge in [-0.25, -0.2) is 4.79 Å². The van der Waals surface area contributed by atoms with E-state index in [0.717, 1.165) is 24.2 Å². The minimum absolute atomic E-state index is 0.389. The summed E-state index contributed by atoms with van der Waals surface area (Å²) < 4.78 is 5.21. The highest BCUT2D eigenvalue weighted by Crippen LogP contribution is 2.24. The number of benzene rings is 1. The Balaban J connectivity index is 3.43. The zero-order valence-corrected chi connectivity index (χ0v) is 21.5.